The molecule has 0 amide bonds. The number of rotatable bonds is 2. The molecule has 0 fully saturated rings. The van der Waals surface area contributed by atoms with Crippen molar-refractivity contribution in [1.82, 2.24) is 4.98 Å². The first-order valence-electron chi connectivity index (χ1n) is 6.03. The van der Waals surface area contributed by atoms with Gasteiger partial charge in [-0.15, -0.1) is 35.0 Å². The number of benzene rings is 1. The maximum Gasteiger partial charge on any atom is 0.145 e. The van der Waals surface area contributed by atoms with Crippen molar-refractivity contribution in [3.8, 4) is 5.75 Å². The topological polar surface area (TPSA) is 22.1 Å². The summed E-state index contributed by atoms with van der Waals surface area (Å²) >= 11 is 13.8. The summed E-state index contributed by atoms with van der Waals surface area (Å²) in [7, 11) is 1.67. The van der Waals surface area contributed by atoms with Gasteiger partial charge in [0, 0.05) is 21.2 Å². The number of hydrogen-bond acceptors (Lipinski definition) is 3. The SMILES string of the molecule is COc1cccc2c3c(c(C)nc12)C[C@@H](C(Cl)Cl)S3. The van der Waals surface area contributed by atoms with Gasteiger partial charge in [-0.3, -0.25) is 0 Å². The maximum atomic E-state index is 6.04. The lowest BCUT2D eigenvalue weighted by Gasteiger charge is -2.10. The van der Waals surface area contributed by atoms with E-state index < -0.39 is 0 Å². The van der Waals surface area contributed by atoms with Crippen LogP contribution in [-0.4, -0.2) is 22.2 Å². The van der Waals surface area contributed by atoms with Crippen molar-refractivity contribution in [1.29, 1.82) is 0 Å². The predicted octanol–water partition coefficient (Wildman–Crippen LogP) is 4.37. The van der Waals surface area contributed by atoms with E-state index in [9.17, 15) is 0 Å². The average molecular weight is 314 g/mol. The lowest BCUT2D eigenvalue weighted by Crippen LogP contribution is -2.10. The summed E-state index contributed by atoms with van der Waals surface area (Å²) in [5.41, 5.74) is 3.22. The Morgan fingerprint density at radius 3 is 2.89 bits per heavy atom. The fourth-order valence-corrected chi connectivity index (χ4v) is 4.26. The highest BCUT2D eigenvalue weighted by Crippen LogP contribution is 2.46. The zero-order valence-corrected chi connectivity index (χ0v) is 12.9. The molecule has 1 aliphatic rings. The van der Waals surface area contributed by atoms with Crippen molar-refractivity contribution >= 4 is 45.9 Å². The van der Waals surface area contributed by atoms with Crippen LogP contribution < -0.4 is 4.74 Å². The van der Waals surface area contributed by atoms with Gasteiger partial charge in [-0.05, 0) is 25.0 Å². The minimum atomic E-state index is -0.363. The van der Waals surface area contributed by atoms with E-state index in [1.807, 2.05) is 19.1 Å². The summed E-state index contributed by atoms with van der Waals surface area (Å²) < 4.78 is 5.39. The number of halogens is 2. The molecule has 1 aromatic carbocycles. The lowest BCUT2D eigenvalue weighted by atomic mass is 10.1. The van der Waals surface area contributed by atoms with Crippen molar-refractivity contribution in [3.63, 3.8) is 0 Å². The predicted molar refractivity (Wildman–Crippen MR) is 81.9 cm³/mol. The van der Waals surface area contributed by atoms with Gasteiger partial charge >= 0.3 is 0 Å². The number of nitrogens with zero attached hydrogens (tertiary/aromatic N) is 1. The molecule has 0 bridgehead atoms. The summed E-state index contributed by atoms with van der Waals surface area (Å²) in [6, 6.07) is 6.01. The lowest BCUT2D eigenvalue weighted by molar-refractivity contribution is 0.418. The second-order valence-corrected chi connectivity index (χ2v) is 6.97. The third-order valence-electron chi connectivity index (χ3n) is 3.41. The number of fused-ring (bicyclic) bond motifs is 3. The standard InChI is InChI=1S/C14H13Cl2NOS/c1-7-9-6-11(14(15)16)19-13(9)8-4-3-5-10(18-2)12(8)17-7/h3-5,11,14H,6H2,1-2H3/t11-/m0/s1. The third kappa shape index (κ3) is 2.18. The molecule has 1 aliphatic heterocycles. The molecule has 0 aliphatic carbocycles. The van der Waals surface area contributed by atoms with Crippen molar-refractivity contribution in [2.24, 2.45) is 0 Å². The van der Waals surface area contributed by atoms with Gasteiger partial charge in [0.15, 0.2) is 0 Å². The molecule has 0 spiro atoms. The highest BCUT2D eigenvalue weighted by atomic mass is 35.5. The quantitative estimate of drug-likeness (QED) is 0.768. The van der Waals surface area contributed by atoms with Crippen LogP contribution in [0.15, 0.2) is 23.1 Å². The molecule has 0 unspecified atom stereocenters. The number of pyridine rings is 1. The molecular formula is C14H13Cl2NOS. The highest BCUT2D eigenvalue weighted by Gasteiger charge is 2.30. The van der Waals surface area contributed by atoms with Crippen LogP contribution in [0, 0.1) is 6.92 Å². The van der Waals surface area contributed by atoms with Crippen molar-refractivity contribution in [2.45, 2.75) is 28.3 Å². The van der Waals surface area contributed by atoms with Gasteiger partial charge < -0.3 is 4.74 Å². The van der Waals surface area contributed by atoms with Crippen molar-refractivity contribution in [3.05, 3.63) is 29.5 Å². The molecule has 2 heterocycles. The Morgan fingerprint density at radius 1 is 1.42 bits per heavy atom. The van der Waals surface area contributed by atoms with Gasteiger partial charge in [0.1, 0.15) is 16.1 Å². The highest BCUT2D eigenvalue weighted by molar-refractivity contribution is 8.00. The number of alkyl halides is 2. The van der Waals surface area contributed by atoms with E-state index in [0.29, 0.717) is 0 Å². The molecule has 0 N–H and O–H groups in total. The summed E-state index contributed by atoms with van der Waals surface area (Å²) in [5, 5.41) is 1.33. The van der Waals surface area contributed by atoms with E-state index in [0.717, 1.165) is 28.8 Å². The summed E-state index contributed by atoms with van der Waals surface area (Å²) in [6.45, 7) is 2.03. The van der Waals surface area contributed by atoms with Crippen molar-refractivity contribution in [2.75, 3.05) is 7.11 Å². The molecule has 2 nitrogen and oxygen atoms in total. The zero-order chi connectivity index (χ0) is 13.6. The molecular weight excluding hydrogens is 301 g/mol. The van der Waals surface area contributed by atoms with Crippen LogP contribution in [0.3, 0.4) is 0 Å². The monoisotopic (exact) mass is 313 g/mol. The van der Waals surface area contributed by atoms with E-state index in [2.05, 4.69) is 11.1 Å². The first-order valence-corrected chi connectivity index (χ1v) is 7.78. The van der Waals surface area contributed by atoms with Gasteiger partial charge in [-0.25, -0.2) is 4.98 Å². The molecule has 100 valence electrons. The molecule has 0 radical (unpaired) electrons. The normalized spacial score (nSPS) is 18.1. The number of ether oxygens (including phenoxy) is 1. The van der Waals surface area contributed by atoms with E-state index in [1.54, 1.807) is 18.9 Å². The number of thioether (sulfide) groups is 1. The number of para-hydroxylation sites is 1. The average Bonchev–Trinajstić information content (AvgIpc) is 2.84. The van der Waals surface area contributed by atoms with Crippen molar-refractivity contribution < 1.29 is 4.74 Å². The molecule has 3 rings (SSSR count). The minimum Gasteiger partial charge on any atom is -0.494 e. The van der Waals surface area contributed by atoms with Crippen LogP contribution in [0.4, 0.5) is 0 Å². The van der Waals surface area contributed by atoms with Gasteiger partial charge in [0.25, 0.3) is 0 Å². The van der Waals surface area contributed by atoms with Crippen LogP contribution in [0.5, 0.6) is 5.75 Å². The molecule has 0 saturated heterocycles. The molecule has 1 atom stereocenters. The Hall–Kier alpha value is -0.640. The van der Waals surface area contributed by atoms with E-state index >= 15 is 0 Å². The minimum absolute atomic E-state index is 0.204. The molecule has 0 saturated carbocycles. The molecule has 5 heteroatoms. The zero-order valence-electron chi connectivity index (χ0n) is 10.6. The van der Waals surface area contributed by atoms with Gasteiger partial charge in [-0.1, -0.05) is 12.1 Å². The fourth-order valence-electron chi connectivity index (χ4n) is 2.46. The van der Waals surface area contributed by atoms with E-state index in [1.165, 1.54) is 10.5 Å². The molecule has 19 heavy (non-hydrogen) atoms. The Morgan fingerprint density at radius 2 is 2.21 bits per heavy atom. The number of methoxy groups -OCH3 is 1. The molecule has 1 aromatic heterocycles. The Balaban J connectivity index is 2.23. The van der Waals surface area contributed by atoms with Gasteiger partial charge in [0.2, 0.25) is 0 Å². The molecule has 2 aromatic rings. The van der Waals surface area contributed by atoms with Gasteiger partial charge in [0.05, 0.1) is 7.11 Å². The Kier molecular flexibility index (Phi) is 3.54. The summed E-state index contributed by atoms with van der Waals surface area (Å²) in [5.74, 6) is 0.806. The number of aromatic nitrogens is 1. The van der Waals surface area contributed by atoms with Crippen LogP contribution in [0.25, 0.3) is 10.9 Å². The Bertz CT molecular complexity index is 645. The smallest absolute Gasteiger partial charge is 0.145 e. The second kappa shape index (κ2) is 5.04. The summed E-state index contributed by atoms with van der Waals surface area (Å²) in [6.07, 6.45) is 0.879. The van der Waals surface area contributed by atoms with Crippen LogP contribution in [0.2, 0.25) is 0 Å². The summed E-state index contributed by atoms with van der Waals surface area (Å²) in [4.78, 5) is 5.57. The second-order valence-electron chi connectivity index (χ2n) is 4.56. The van der Waals surface area contributed by atoms with E-state index in [-0.39, 0.29) is 10.1 Å². The number of hydrogen-bond donors (Lipinski definition) is 0. The number of aryl methyl sites for hydroxylation is 1. The van der Waals surface area contributed by atoms with Crippen LogP contribution in [0.1, 0.15) is 11.3 Å². The van der Waals surface area contributed by atoms with Crippen LogP contribution in [-0.2, 0) is 6.42 Å². The van der Waals surface area contributed by atoms with E-state index in [4.69, 9.17) is 27.9 Å². The first kappa shape index (κ1) is 13.3. The Labute approximate surface area is 126 Å². The largest absolute Gasteiger partial charge is 0.494 e. The fraction of sp³-hybridized carbons (Fsp3) is 0.357. The van der Waals surface area contributed by atoms with Gasteiger partial charge in [-0.2, -0.15) is 0 Å². The van der Waals surface area contributed by atoms with Crippen LogP contribution >= 0.6 is 35.0 Å². The maximum absolute atomic E-state index is 6.04. The first-order chi connectivity index (χ1) is 9.11. The third-order valence-corrected chi connectivity index (χ3v) is 5.76.